The number of unbranched alkanes of at least 4 members (excludes halogenated alkanes) is 1. The van der Waals surface area contributed by atoms with Crippen LogP contribution < -0.4 is 10.0 Å². The zero-order valence-electron chi connectivity index (χ0n) is 12.3. The second-order valence-electron chi connectivity index (χ2n) is 4.50. The lowest BCUT2D eigenvalue weighted by Gasteiger charge is -2.08. The highest BCUT2D eigenvalue weighted by atomic mass is 32.2. The lowest BCUT2D eigenvalue weighted by atomic mass is 10.3. The minimum absolute atomic E-state index is 0.281. The van der Waals surface area contributed by atoms with Gasteiger partial charge in [0.1, 0.15) is 4.90 Å². The Kier molecular flexibility index (Phi) is 7.57. The van der Waals surface area contributed by atoms with Gasteiger partial charge in [-0.05, 0) is 38.3 Å². The molecule has 0 aliphatic heterocycles. The van der Waals surface area contributed by atoms with Crippen LogP contribution >= 0.6 is 11.8 Å². The average molecular weight is 320 g/mol. The summed E-state index contributed by atoms with van der Waals surface area (Å²) in [5.41, 5.74) is 1.12. The molecule has 1 aromatic heterocycles. The van der Waals surface area contributed by atoms with Crippen LogP contribution in [-0.4, -0.2) is 43.7 Å². The van der Waals surface area contributed by atoms with E-state index in [2.05, 4.69) is 20.2 Å². The zero-order chi connectivity index (χ0) is 15.0. The van der Waals surface area contributed by atoms with E-state index in [0.717, 1.165) is 25.1 Å². The van der Waals surface area contributed by atoms with Gasteiger partial charge in [0.25, 0.3) is 0 Å². The van der Waals surface area contributed by atoms with Gasteiger partial charge in [0, 0.05) is 13.1 Å². The van der Waals surface area contributed by atoms with Crippen LogP contribution in [0.1, 0.15) is 31.2 Å². The van der Waals surface area contributed by atoms with Crippen LogP contribution in [0.2, 0.25) is 0 Å². The molecule has 0 fully saturated rings. The normalized spacial score (nSPS) is 11.9. The standard InChI is InChI=1S/C12H24N4O2S2/c1-4-13-9-11-12(10(2)15-16-11)20(17,18)14-7-5-6-8-19-3/h13-14H,4-9H2,1-3H3,(H,15,16). The number of H-pyrrole nitrogens is 1. The molecule has 0 spiro atoms. The molecule has 6 nitrogen and oxygen atoms in total. The smallest absolute Gasteiger partial charge is 0.244 e. The number of hydrogen-bond acceptors (Lipinski definition) is 5. The van der Waals surface area contributed by atoms with E-state index in [1.165, 1.54) is 0 Å². The van der Waals surface area contributed by atoms with Crippen molar-refractivity contribution in [1.82, 2.24) is 20.2 Å². The summed E-state index contributed by atoms with van der Waals surface area (Å²) in [5.74, 6) is 1.05. The third-order valence-corrected chi connectivity index (χ3v) is 5.20. The van der Waals surface area contributed by atoms with E-state index >= 15 is 0 Å². The molecular formula is C12H24N4O2S2. The number of thioether (sulfide) groups is 1. The van der Waals surface area contributed by atoms with E-state index in [0.29, 0.717) is 24.5 Å². The fourth-order valence-corrected chi connectivity index (χ4v) is 3.77. The number of aromatic nitrogens is 2. The van der Waals surface area contributed by atoms with Gasteiger partial charge in [-0.25, -0.2) is 13.1 Å². The van der Waals surface area contributed by atoms with Crippen molar-refractivity contribution in [1.29, 1.82) is 0 Å². The quantitative estimate of drug-likeness (QED) is 0.565. The highest BCUT2D eigenvalue weighted by molar-refractivity contribution is 7.98. The molecule has 116 valence electrons. The fourth-order valence-electron chi connectivity index (χ4n) is 1.84. The molecule has 1 rings (SSSR count). The first-order valence-corrected chi connectivity index (χ1v) is 9.63. The predicted molar refractivity (Wildman–Crippen MR) is 83.5 cm³/mol. The van der Waals surface area contributed by atoms with Crippen LogP contribution in [0.15, 0.2) is 4.90 Å². The number of aryl methyl sites for hydroxylation is 1. The van der Waals surface area contributed by atoms with E-state index in [1.807, 2.05) is 13.2 Å². The molecule has 1 heterocycles. The third kappa shape index (κ3) is 5.08. The van der Waals surface area contributed by atoms with E-state index in [9.17, 15) is 8.42 Å². The maximum Gasteiger partial charge on any atom is 0.244 e. The van der Waals surface area contributed by atoms with Crippen molar-refractivity contribution in [3.8, 4) is 0 Å². The van der Waals surface area contributed by atoms with Crippen molar-refractivity contribution < 1.29 is 8.42 Å². The van der Waals surface area contributed by atoms with Gasteiger partial charge in [0.05, 0.1) is 11.4 Å². The minimum atomic E-state index is -3.49. The van der Waals surface area contributed by atoms with E-state index in [-0.39, 0.29) is 4.90 Å². The second kappa shape index (κ2) is 8.66. The van der Waals surface area contributed by atoms with Crippen molar-refractivity contribution in [2.24, 2.45) is 0 Å². The van der Waals surface area contributed by atoms with E-state index < -0.39 is 10.0 Å². The summed E-state index contributed by atoms with van der Waals surface area (Å²) in [4.78, 5) is 0.281. The molecule has 0 atom stereocenters. The SMILES string of the molecule is CCNCc1n[nH]c(C)c1S(=O)(=O)NCCCCSC. The molecule has 8 heteroatoms. The summed E-state index contributed by atoms with van der Waals surface area (Å²) in [6, 6.07) is 0. The summed E-state index contributed by atoms with van der Waals surface area (Å²) < 4.78 is 27.3. The lowest BCUT2D eigenvalue weighted by molar-refractivity contribution is 0.575. The Morgan fingerprint density at radius 2 is 2.10 bits per heavy atom. The first-order chi connectivity index (χ1) is 9.53. The van der Waals surface area contributed by atoms with Crippen molar-refractivity contribution in [2.75, 3.05) is 25.1 Å². The molecule has 0 saturated carbocycles. The van der Waals surface area contributed by atoms with Gasteiger partial charge in [0.2, 0.25) is 10.0 Å². The average Bonchev–Trinajstić information content (AvgIpc) is 2.78. The summed E-state index contributed by atoms with van der Waals surface area (Å²) in [6.45, 7) is 5.38. The molecular weight excluding hydrogens is 296 g/mol. The van der Waals surface area contributed by atoms with Gasteiger partial charge in [-0.15, -0.1) is 0 Å². The first-order valence-electron chi connectivity index (χ1n) is 6.76. The van der Waals surface area contributed by atoms with Gasteiger partial charge >= 0.3 is 0 Å². The van der Waals surface area contributed by atoms with Gasteiger partial charge in [-0.2, -0.15) is 16.9 Å². The monoisotopic (exact) mass is 320 g/mol. The summed E-state index contributed by atoms with van der Waals surface area (Å²) in [6.07, 6.45) is 3.91. The van der Waals surface area contributed by atoms with Crippen molar-refractivity contribution >= 4 is 21.8 Å². The van der Waals surface area contributed by atoms with Crippen LogP contribution in [0, 0.1) is 6.92 Å². The fraction of sp³-hybridized carbons (Fsp3) is 0.750. The highest BCUT2D eigenvalue weighted by Gasteiger charge is 2.23. The largest absolute Gasteiger partial charge is 0.311 e. The highest BCUT2D eigenvalue weighted by Crippen LogP contribution is 2.17. The summed E-state index contributed by atoms with van der Waals surface area (Å²) in [5, 5.41) is 9.91. The molecule has 0 radical (unpaired) electrons. The Morgan fingerprint density at radius 3 is 2.75 bits per heavy atom. The number of hydrogen-bond donors (Lipinski definition) is 3. The topological polar surface area (TPSA) is 86.9 Å². The number of aromatic amines is 1. The molecule has 0 aromatic carbocycles. The van der Waals surface area contributed by atoms with Crippen LogP contribution in [0.5, 0.6) is 0 Å². The van der Waals surface area contributed by atoms with Gasteiger partial charge < -0.3 is 5.32 Å². The number of rotatable bonds is 10. The van der Waals surface area contributed by atoms with Gasteiger partial charge in [-0.3, -0.25) is 5.10 Å². The lowest BCUT2D eigenvalue weighted by Crippen LogP contribution is -2.27. The molecule has 0 aliphatic carbocycles. The van der Waals surface area contributed by atoms with Crippen LogP contribution in [0.25, 0.3) is 0 Å². The van der Waals surface area contributed by atoms with Crippen molar-refractivity contribution in [3.63, 3.8) is 0 Å². The Hall–Kier alpha value is -0.570. The van der Waals surface area contributed by atoms with Crippen molar-refractivity contribution in [2.45, 2.75) is 38.1 Å². The molecule has 1 aromatic rings. The van der Waals surface area contributed by atoms with Gasteiger partial charge in [0.15, 0.2) is 0 Å². The number of nitrogens with zero attached hydrogens (tertiary/aromatic N) is 1. The molecule has 3 N–H and O–H groups in total. The Morgan fingerprint density at radius 1 is 1.35 bits per heavy atom. The third-order valence-electron chi connectivity index (χ3n) is 2.84. The number of sulfonamides is 1. The van der Waals surface area contributed by atoms with E-state index in [1.54, 1.807) is 18.7 Å². The van der Waals surface area contributed by atoms with Crippen molar-refractivity contribution in [3.05, 3.63) is 11.4 Å². The Labute approximate surface area is 125 Å². The van der Waals surface area contributed by atoms with Crippen LogP contribution in [-0.2, 0) is 16.6 Å². The molecule has 20 heavy (non-hydrogen) atoms. The summed E-state index contributed by atoms with van der Waals surface area (Å²) in [7, 11) is -3.49. The Bertz CT molecular complexity index is 500. The van der Waals surface area contributed by atoms with Crippen LogP contribution in [0.3, 0.4) is 0 Å². The molecule has 0 saturated heterocycles. The van der Waals surface area contributed by atoms with Crippen LogP contribution in [0.4, 0.5) is 0 Å². The maximum atomic E-state index is 12.3. The van der Waals surface area contributed by atoms with E-state index in [4.69, 9.17) is 0 Å². The zero-order valence-corrected chi connectivity index (χ0v) is 14.0. The Balaban J connectivity index is 2.68. The molecule has 0 unspecified atom stereocenters. The van der Waals surface area contributed by atoms with Gasteiger partial charge in [-0.1, -0.05) is 6.92 Å². The predicted octanol–water partition coefficient (Wildman–Crippen LogP) is 1.25. The molecule has 0 amide bonds. The molecule has 0 bridgehead atoms. The summed E-state index contributed by atoms with van der Waals surface area (Å²) >= 11 is 1.77. The number of nitrogens with one attached hydrogen (secondary N) is 3. The molecule has 0 aliphatic rings. The minimum Gasteiger partial charge on any atom is -0.311 e. The first kappa shape index (κ1) is 17.5. The maximum absolute atomic E-state index is 12.3. The second-order valence-corrected chi connectivity index (χ2v) is 7.19.